The molecule has 1 aromatic heterocycles. The number of hydrogen-bond acceptors (Lipinski definition) is 5. The Balaban J connectivity index is 1.77. The quantitative estimate of drug-likeness (QED) is 0.627. The van der Waals surface area contributed by atoms with E-state index in [-0.39, 0.29) is 5.91 Å². The first-order chi connectivity index (χ1) is 13.6. The van der Waals surface area contributed by atoms with Gasteiger partial charge in [-0.15, -0.1) is 0 Å². The summed E-state index contributed by atoms with van der Waals surface area (Å²) >= 11 is 0. The van der Waals surface area contributed by atoms with E-state index >= 15 is 0 Å². The van der Waals surface area contributed by atoms with Gasteiger partial charge in [0.1, 0.15) is 0 Å². The monoisotopic (exact) mass is 377 g/mol. The predicted octanol–water partition coefficient (Wildman–Crippen LogP) is 4.66. The number of nitrogens with zero attached hydrogens (tertiary/aromatic N) is 1. The summed E-state index contributed by atoms with van der Waals surface area (Å²) in [5, 5.41) is 6.19. The molecule has 0 saturated heterocycles. The lowest BCUT2D eigenvalue weighted by atomic mass is 10.1. The second kappa shape index (κ2) is 8.90. The maximum Gasteiger partial charge on any atom is 0.257 e. The van der Waals surface area contributed by atoms with E-state index in [2.05, 4.69) is 28.6 Å². The van der Waals surface area contributed by atoms with Crippen molar-refractivity contribution in [1.29, 1.82) is 0 Å². The first-order valence-corrected chi connectivity index (χ1v) is 8.98. The molecule has 1 amide bonds. The van der Waals surface area contributed by atoms with Gasteiger partial charge in [0, 0.05) is 23.6 Å². The summed E-state index contributed by atoms with van der Waals surface area (Å²) in [7, 11) is 3.12. The topological polar surface area (TPSA) is 72.5 Å². The molecular formula is C22H23N3O3. The number of aromatic nitrogens is 1. The molecule has 0 aliphatic carbocycles. The number of carbonyl (C=O) groups is 1. The van der Waals surface area contributed by atoms with Crippen LogP contribution < -0.4 is 20.1 Å². The Morgan fingerprint density at radius 1 is 0.964 bits per heavy atom. The average Bonchev–Trinajstić information content (AvgIpc) is 2.74. The second-order valence-corrected chi connectivity index (χ2v) is 6.12. The van der Waals surface area contributed by atoms with Crippen LogP contribution >= 0.6 is 0 Å². The van der Waals surface area contributed by atoms with Gasteiger partial charge in [-0.1, -0.05) is 25.1 Å². The van der Waals surface area contributed by atoms with Gasteiger partial charge in [0.15, 0.2) is 11.5 Å². The molecule has 3 aromatic rings. The normalized spacial score (nSPS) is 10.2. The highest BCUT2D eigenvalue weighted by atomic mass is 16.5. The number of carbonyl (C=O) groups excluding carboxylic acids is 1. The van der Waals surface area contributed by atoms with E-state index in [9.17, 15) is 4.79 Å². The predicted molar refractivity (Wildman–Crippen MR) is 111 cm³/mol. The van der Waals surface area contributed by atoms with Crippen molar-refractivity contribution in [2.75, 3.05) is 24.9 Å². The molecule has 3 rings (SSSR count). The molecule has 2 aromatic carbocycles. The number of hydrogen-bond donors (Lipinski definition) is 2. The maximum atomic E-state index is 12.6. The van der Waals surface area contributed by atoms with Gasteiger partial charge in [0.25, 0.3) is 5.91 Å². The lowest BCUT2D eigenvalue weighted by molar-refractivity contribution is 0.102. The van der Waals surface area contributed by atoms with Crippen molar-refractivity contribution in [3.8, 4) is 11.5 Å². The van der Waals surface area contributed by atoms with E-state index < -0.39 is 0 Å². The first kappa shape index (κ1) is 19.2. The number of ether oxygens (including phenoxy) is 2. The van der Waals surface area contributed by atoms with E-state index in [0.29, 0.717) is 22.7 Å². The summed E-state index contributed by atoms with van der Waals surface area (Å²) in [5.41, 5.74) is 4.01. The molecule has 0 saturated carbocycles. The third-order valence-corrected chi connectivity index (χ3v) is 4.32. The van der Waals surface area contributed by atoms with Crippen LogP contribution in [-0.4, -0.2) is 25.1 Å². The molecule has 0 spiro atoms. The zero-order valence-corrected chi connectivity index (χ0v) is 16.2. The largest absolute Gasteiger partial charge is 0.493 e. The van der Waals surface area contributed by atoms with Gasteiger partial charge in [-0.3, -0.25) is 9.78 Å². The molecule has 6 heteroatoms. The summed E-state index contributed by atoms with van der Waals surface area (Å²) < 4.78 is 10.5. The van der Waals surface area contributed by atoms with E-state index in [1.165, 1.54) is 11.8 Å². The molecule has 144 valence electrons. The smallest absolute Gasteiger partial charge is 0.257 e. The van der Waals surface area contributed by atoms with Gasteiger partial charge in [0.2, 0.25) is 0 Å². The van der Waals surface area contributed by atoms with E-state index in [1.807, 2.05) is 18.2 Å². The summed E-state index contributed by atoms with van der Waals surface area (Å²) in [6.07, 6.45) is 4.14. The molecule has 0 aliphatic heterocycles. The van der Waals surface area contributed by atoms with Crippen LogP contribution in [0.3, 0.4) is 0 Å². The number of methoxy groups -OCH3 is 2. The van der Waals surface area contributed by atoms with Crippen LogP contribution in [0.25, 0.3) is 0 Å². The molecule has 1 heterocycles. The Morgan fingerprint density at radius 2 is 1.75 bits per heavy atom. The highest BCUT2D eigenvalue weighted by Crippen LogP contribution is 2.30. The van der Waals surface area contributed by atoms with Crippen molar-refractivity contribution in [3.05, 3.63) is 72.1 Å². The zero-order chi connectivity index (χ0) is 19.9. The lowest BCUT2D eigenvalue weighted by Gasteiger charge is -2.12. The van der Waals surface area contributed by atoms with Gasteiger partial charge < -0.3 is 20.1 Å². The van der Waals surface area contributed by atoms with Crippen LogP contribution in [-0.2, 0) is 6.42 Å². The number of amides is 1. The molecule has 0 radical (unpaired) electrons. The van der Waals surface area contributed by atoms with Crippen molar-refractivity contribution in [2.24, 2.45) is 0 Å². The van der Waals surface area contributed by atoms with Crippen LogP contribution in [0.4, 0.5) is 17.1 Å². The first-order valence-electron chi connectivity index (χ1n) is 8.98. The molecule has 28 heavy (non-hydrogen) atoms. The Bertz CT molecular complexity index is 973. The lowest BCUT2D eigenvalue weighted by Crippen LogP contribution is -2.12. The maximum absolute atomic E-state index is 12.6. The van der Waals surface area contributed by atoms with Crippen LogP contribution in [0.2, 0.25) is 0 Å². The minimum atomic E-state index is -0.257. The summed E-state index contributed by atoms with van der Waals surface area (Å²) in [6.45, 7) is 2.10. The van der Waals surface area contributed by atoms with Crippen molar-refractivity contribution in [2.45, 2.75) is 13.3 Å². The Hall–Kier alpha value is -3.54. The molecule has 0 fully saturated rings. The summed E-state index contributed by atoms with van der Waals surface area (Å²) in [6, 6.07) is 15.0. The third-order valence-electron chi connectivity index (χ3n) is 4.32. The van der Waals surface area contributed by atoms with E-state index in [1.54, 1.807) is 44.7 Å². The number of benzene rings is 2. The zero-order valence-electron chi connectivity index (χ0n) is 16.2. The van der Waals surface area contributed by atoms with Crippen molar-refractivity contribution in [3.63, 3.8) is 0 Å². The van der Waals surface area contributed by atoms with Crippen molar-refractivity contribution >= 4 is 23.0 Å². The fourth-order valence-corrected chi connectivity index (χ4v) is 2.86. The number of para-hydroxylation sites is 1. The highest BCUT2D eigenvalue weighted by Gasteiger charge is 2.11. The van der Waals surface area contributed by atoms with E-state index in [4.69, 9.17) is 9.47 Å². The number of pyridine rings is 1. The molecule has 0 bridgehead atoms. The van der Waals surface area contributed by atoms with Gasteiger partial charge >= 0.3 is 0 Å². The molecular weight excluding hydrogens is 354 g/mol. The van der Waals surface area contributed by atoms with Gasteiger partial charge in [-0.25, -0.2) is 0 Å². The minimum absolute atomic E-state index is 0.257. The average molecular weight is 377 g/mol. The number of aryl methyl sites for hydroxylation is 1. The van der Waals surface area contributed by atoms with Crippen molar-refractivity contribution in [1.82, 2.24) is 4.98 Å². The van der Waals surface area contributed by atoms with Gasteiger partial charge in [0.05, 0.1) is 31.7 Å². The van der Waals surface area contributed by atoms with Crippen molar-refractivity contribution < 1.29 is 14.3 Å². The van der Waals surface area contributed by atoms with Crippen LogP contribution in [0.1, 0.15) is 22.8 Å². The Kier molecular flexibility index (Phi) is 6.11. The van der Waals surface area contributed by atoms with Crippen LogP contribution in [0, 0.1) is 0 Å². The molecule has 0 atom stereocenters. The van der Waals surface area contributed by atoms with Crippen LogP contribution in [0.15, 0.2) is 60.9 Å². The number of nitrogens with one attached hydrogen (secondary N) is 2. The molecule has 0 aliphatic rings. The second-order valence-electron chi connectivity index (χ2n) is 6.12. The standard InChI is InChI=1S/C22H23N3O3/c1-4-15-7-5-6-8-19(15)24-18-11-16(13-23-14-18)22(26)25-17-9-10-20(27-2)21(12-17)28-3/h5-14,24H,4H2,1-3H3,(H,25,26). The highest BCUT2D eigenvalue weighted by molar-refractivity contribution is 6.04. The SMILES string of the molecule is CCc1ccccc1Nc1cncc(C(=O)Nc2ccc(OC)c(OC)c2)c1. The fourth-order valence-electron chi connectivity index (χ4n) is 2.86. The van der Waals surface area contributed by atoms with Crippen LogP contribution in [0.5, 0.6) is 11.5 Å². The van der Waals surface area contributed by atoms with Gasteiger partial charge in [-0.2, -0.15) is 0 Å². The van der Waals surface area contributed by atoms with E-state index in [0.717, 1.165) is 17.8 Å². The molecule has 6 nitrogen and oxygen atoms in total. The third kappa shape index (κ3) is 4.40. The molecule has 0 unspecified atom stereocenters. The number of rotatable bonds is 7. The summed E-state index contributed by atoms with van der Waals surface area (Å²) in [4.78, 5) is 16.8. The fraction of sp³-hybridized carbons (Fsp3) is 0.182. The van der Waals surface area contributed by atoms with Gasteiger partial charge in [-0.05, 0) is 36.2 Å². The molecule has 2 N–H and O–H groups in total. The Morgan fingerprint density at radius 3 is 2.50 bits per heavy atom. The number of anilines is 3. The summed E-state index contributed by atoms with van der Waals surface area (Å²) in [5.74, 6) is 0.889. The minimum Gasteiger partial charge on any atom is -0.493 e. The Labute approximate surface area is 164 Å².